The molecule has 0 saturated heterocycles. The van der Waals surface area contributed by atoms with Gasteiger partial charge in [0, 0.05) is 0 Å². The van der Waals surface area contributed by atoms with Crippen LogP contribution in [-0.4, -0.2) is 34.4 Å². The fraction of sp³-hybridized carbons (Fsp3) is 0.778. The molecule has 0 aliphatic rings. The Balaban J connectivity index is 4.14. The van der Waals surface area contributed by atoms with Crippen molar-refractivity contribution in [2.24, 2.45) is 5.92 Å². The van der Waals surface area contributed by atoms with Gasteiger partial charge in [-0.05, 0) is 6.42 Å². The maximum atomic E-state index is 11.1. The van der Waals surface area contributed by atoms with Crippen LogP contribution < -0.4 is 0 Å². The van der Waals surface area contributed by atoms with Gasteiger partial charge in [-0.1, -0.05) is 20.8 Å². The number of esters is 1. The molecular formula is C9H16O5. The van der Waals surface area contributed by atoms with E-state index in [0.29, 0.717) is 0 Å². The minimum Gasteiger partial charge on any atom is -0.428 e. The highest BCUT2D eigenvalue weighted by Gasteiger charge is 2.26. The van der Waals surface area contributed by atoms with Gasteiger partial charge in [0.2, 0.25) is 5.78 Å². The summed E-state index contributed by atoms with van der Waals surface area (Å²) in [6.45, 7) is 4.74. The third-order valence-corrected chi connectivity index (χ3v) is 1.66. The molecule has 0 aliphatic heterocycles. The predicted octanol–water partition coefficient (Wildman–Crippen LogP) is -0.156. The van der Waals surface area contributed by atoms with E-state index in [0.717, 1.165) is 0 Å². The molecule has 0 fully saturated rings. The van der Waals surface area contributed by atoms with Crippen molar-refractivity contribution >= 4 is 11.8 Å². The number of Topliss-reactive ketones (excluding diaryl/α,β-unsaturated/α-hetero) is 1. The van der Waals surface area contributed by atoms with Gasteiger partial charge in [-0.15, -0.1) is 0 Å². The average Bonchev–Trinajstić information content (AvgIpc) is 2.14. The van der Waals surface area contributed by atoms with Crippen LogP contribution in [0.5, 0.6) is 0 Å². The Morgan fingerprint density at radius 1 is 1.29 bits per heavy atom. The number of aliphatic hydroxyl groups excluding tert-OH is 2. The maximum absolute atomic E-state index is 11.1. The van der Waals surface area contributed by atoms with Gasteiger partial charge in [-0.25, -0.2) is 0 Å². The highest BCUT2D eigenvalue weighted by atomic mass is 16.6. The minimum atomic E-state index is -1.86. The second-order valence-corrected chi connectivity index (χ2v) is 3.27. The van der Waals surface area contributed by atoms with E-state index in [2.05, 4.69) is 4.74 Å². The summed E-state index contributed by atoms with van der Waals surface area (Å²) in [5.41, 5.74) is 0. The van der Waals surface area contributed by atoms with E-state index in [1.165, 1.54) is 0 Å². The molecule has 5 heteroatoms. The summed E-state index contributed by atoms with van der Waals surface area (Å²) in [7, 11) is 0. The number of carbonyl (C=O) groups excluding carboxylic acids is 2. The van der Waals surface area contributed by atoms with Crippen LogP contribution in [0.1, 0.15) is 27.2 Å². The Hall–Kier alpha value is -0.940. The molecule has 0 rings (SSSR count). The lowest BCUT2D eigenvalue weighted by Gasteiger charge is -2.14. The highest BCUT2D eigenvalue weighted by Crippen LogP contribution is 2.03. The number of hydrogen-bond donors (Lipinski definition) is 2. The SMILES string of the molecule is CCC(O)C(=O)C(O)OC(=O)C(C)C. The zero-order chi connectivity index (χ0) is 11.3. The summed E-state index contributed by atoms with van der Waals surface area (Å²) in [4.78, 5) is 22.0. The Kier molecular flexibility index (Phi) is 5.34. The Labute approximate surface area is 82.7 Å². The number of hydrogen-bond acceptors (Lipinski definition) is 5. The van der Waals surface area contributed by atoms with Crippen LogP contribution in [0.2, 0.25) is 0 Å². The van der Waals surface area contributed by atoms with Crippen molar-refractivity contribution in [3.8, 4) is 0 Å². The van der Waals surface area contributed by atoms with Crippen molar-refractivity contribution in [1.29, 1.82) is 0 Å². The zero-order valence-electron chi connectivity index (χ0n) is 8.56. The largest absolute Gasteiger partial charge is 0.428 e. The Morgan fingerprint density at radius 3 is 2.14 bits per heavy atom. The standard InChI is InChI=1S/C9H16O5/c1-4-6(10)7(11)9(13)14-8(12)5(2)3/h5-6,9-10,13H,4H2,1-3H3. The lowest BCUT2D eigenvalue weighted by atomic mass is 10.2. The van der Waals surface area contributed by atoms with Gasteiger partial charge in [-0.3, -0.25) is 9.59 Å². The molecule has 0 amide bonds. The lowest BCUT2D eigenvalue weighted by Crippen LogP contribution is -2.36. The number of rotatable bonds is 5. The van der Waals surface area contributed by atoms with Crippen molar-refractivity contribution in [3.05, 3.63) is 0 Å². The second-order valence-electron chi connectivity index (χ2n) is 3.27. The van der Waals surface area contributed by atoms with Gasteiger partial charge in [0.1, 0.15) is 6.10 Å². The van der Waals surface area contributed by atoms with Crippen LogP contribution in [0.4, 0.5) is 0 Å². The van der Waals surface area contributed by atoms with Gasteiger partial charge in [0.15, 0.2) is 0 Å². The summed E-state index contributed by atoms with van der Waals surface area (Å²) >= 11 is 0. The van der Waals surface area contributed by atoms with Gasteiger partial charge in [-0.2, -0.15) is 0 Å². The monoisotopic (exact) mass is 204 g/mol. The zero-order valence-corrected chi connectivity index (χ0v) is 8.56. The molecular weight excluding hydrogens is 188 g/mol. The van der Waals surface area contributed by atoms with Crippen LogP contribution >= 0.6 is 0 Å². The van der Waals surface area contributed by atoms with E-state index in [-0.39, 0.29) is 6.42 Å². The Bertz CT molecular complexity index is 211. The first kappa shape index (κ1) is 13.1. The van der Waals surface area contributed by atoms with Crippen molar-refractivity contribution in [2.75, 3.05) is 0 Å². The van der Waals surface area contributed by atoms with E-state index >= 15 is 0 Å². The second kappa shape index (κ2) is 5.72. The van der Waals surface area contributed by atoms with Gasteiger partial charge >= 0.3 is 5.97 Å². The topological polar surface area (TPSA) is 83.8 Å². The van der Waals surface area contributed by atoms with Gasteiger partial charge in [0.25, 0.3) is 6.29 Å². The van der Waals surface area contributed by atoms with E-state index in [9.17, 15) is 9.59 Å². The predicted molar refractivity (Wildman–Crippen MR) is 48.2 cm³/mol. The molecule has 2 unspecified atom stereocenters. The molecule has 2 N–H and O–H groups in total. The molecule has 0 aromatic rings. The molecule has 0 saturated carbocycles. The average molecular weight is 204 g/mol. The summed E-state index contributed by atoms with van der Waals surface area (Å²) in [5.74, 6) is -1.98. The van der Waals surface area contributed by atoms with Crippen LogP contribution in [-0.2, 0) is 14.3 Å². The number of carbonyl (C=O) groups is 2. The van der Waals surface area contributed by atoms with Crippen molar-refractivity contribution in [2.45, 2.75) is 39.6 Å². The minimum absolute atomic E-state index is 0.176. The van der Waals surface area contributed by atoms with Crippen molar-refractivity contribution in [1.82, 2.24) is 0 Å². The summed E-state index contributed by atoms with van der Waals surface area (Å²) in [6, 6.07) is 0. The van der Waals surface area contributed by atoms with E-state index in [1.54, 1.807) is 20.8 Å². The summed E-state index contributed by atoms with van der Waals surface area (Å²) in [6.07, 6.45) is -2.97. The first-order valence-corrected chi connectivity index (χ1v) is 4.50. The molecule has 0 bridgehead atoms. The van der Waals surface area contributed by atoms with E-state index < -0.39 is 30.1 Å². The first-order chi connectivity index (χ1) is 6.40. The van der Waals surface area contributed by atoms with Crippen molar-refractivity contribution < 1.29 is 24.5 Å². The molecule has 82 valence electrons. The lowest BCUT2D eigenvalue weighted by molar-refractivity contribution is -0.182. The number of ether oxygens (including phenoxy) is 1. The van der Waals surface area contributed by atoms with E-state index in [1.807, 2.05) is 0 Å². The van der Waals surface area contributed by atoms with Crippen LogP contribution in [0, 0.1) is 5.92 Å². The smallest absolute Gasteiger partial charge is 0.311 e. The Morgan fingerprint density at radius 2 is 1.79 bits per heavy atom. The molecule has 0 aromatic heterocycles. The number of ketones is 1. The van der Waals surface area contributed by atoms with Crippen LogP contribution in [0.15, 0.2) is 0 Å². The molecule has 2 atom stereocenters. The number of aliphatic hydroxyl groups is 2. The van der Waals surface area contributed by atoms with Gasteiger partial charge in [0.05, 0.1) is 5.92 Å². The highest BCUT2D eigenvalue weighted by molar-refractivity contribution is 5.87. The third kappa shape index (κ3) is 3.85. The quantitative estimate of drug-likeness (QED) is 0.480. The molecule has 0 aromatic carbocycles. The summed E-state index contributed by atoms with van der Waals surface area (Å²) in [5, 5.41) is 18.1. The molecule has 0 aliphatic carbocycles. The van der Waals surface area contributed by atoms with E-state index in [4.69, 9.17) is 10.2 Å². The fourth-order valence-electron chi connectivity index (χ4n) is 0.670. The summed E-state index contributed by atoms with van der Waals surface area (Å²) < 4.78 is 4.40. The normalized spacial score (nSPS) is 15.0. The third-order valence-electron chi connectivity index (χ3n) is 1.66. The molecule has 14 heavy (non-hydrogen) atoms. The van der Waals surface area contributed by atoms with Crippen molar-refractivity contribution in [3.63, 3.8) is 0 Å². The molecule has 0 spiro atoms. The van der Waals surface area contributed by atoms with Crippen LogP contribution in [0.25, 0.3) is 0 Å². The van der Waals surface area contributed by atoms with Gasteiger partial charge < -0.3 is 14.9 Å². The molecule has 5 nitrogen and oxygen atoms in total. The molecule has 0 heterocycles. The van der Waals surface area contributed by atoms with Crippen LogP contribution in [0.3, 0.4) is 0 Å². The first-order valence-electron chi connectivity index (χ1n) is 4.50. The maximum Gasteiger partial charge on any atom is 0.311 e. The fourth-order valence-corrected chi connectivity index (χ4v) is 0.670. The molecule has 0 radical (unpaired) electrons.